The second kappa shape index (κ2) is 6.26. The molecule has 0 amide bonds. The van der Waals surface area contributed by atoms with Crippen molar-refractivity contribution in [2.45, 2.75) is 19.5 Å². The number of pyridine rings is 1. The molecule has 0 bridgehead atoms. The van der Waals surface area contributed by atoms with Gasteiger partial charge in [-0.05, 0) is 13.0 Å². The minimum absolute atomic E-state index is 0.0128. The molecule has 1 heterocycles. The molecule has 0 unspecified atom stereocenters. The number of alkyl halides is 3. The van der Waals surface area contributed by atoms with E-state index in [0.29, 0.717) is 0 Å². The molecule has 0 spiro atoms. The molecule has 0 saturated carbocycles. The molecule has 0 aromatic carbocycles. The predicted molar refractivity (Wildman–Crippen MR) is 60.8 cm³/mol. The Labute approximate surface area is 107 Å². The molecule has 1 rings (SSSR count). The van der Waals surface area contributed by atoms with Gasteiger partial charge in [-0.25, -0.2) is 9.78 Å². The summed E-state index contributed by atoms with van der Waals surface area (Å²) in [4.78, 5) is 15.2. The van der Waals surface area contributed by atoms with E-state index in [-0.39, 0.29) is 23.7 Å². The van der Waals surface area contributed by atoms with Crippen molar-refractivity contribution in [3.05, 3.63) is 17.8 Å². The van der Waals surface area contributed by atoms with Crippen molar-refractivity contribution in [1.29, 1.82) is 0 Å². The minimum Gasteiger partial charge on any atom is -0.476 e. The zero-order chi connectivity index (χ0) is 14.5. The first kappa shape index (κ1) is 15.1. The SMILES string of the molecule is CCOC(=O)c1ccnc(OCCC(F)(F)F)c1N. The number of aromatic nitrogens is 1. The van der Waals surface area contributed by atoms with Crippen LogP contribution in [0.1, 0.15) is 23.7 Å². The topological polar surface area (TPSA) is 74.4 Å². The maximum atomic E-state index is 12.0. The Hall–Kier alpha value is -1.99. The van der Waals surface area contributed by atoms with Crippen LogP contribution in [0.15, 0.2) is 12.3 Å². The Kier molecular flexibility index (Phi) is 4.96. The molecule has 0 fully saturated rings. The molecular formula is C11H13F3N2O3. The molecule has 2 N–H and O–H groups in total. The van der Waals surface area contributed by atoms with Crippen LogP contribution in [0, 0.1) is 0 Å². The van der Waals surface area contributed by atoms with Crippen molar-refractivity contribution in [2.75, 3.05) is 18.9 Å². The molecule has 0 radical (unpaired) electrons. The third-order valence-corrected chi connectivity index (χ3v) is 2.07. The van der Waals surface area contributed by atoms with Gasteiger partial charge in [0, 0.05) is 6.20 Å². The normalized spacial score (nSPS) is 11.2. The zero-order valence-corrected chi connectivity index (χ0v) is 10.2. The largest absolute Gasteiger partial charge is 0.476 e. The number of ether oxygens (including phenoxy) is 2. The van der Waals surface area contributed by atoms with Gasteiger partial charge < -0.3 is 15.2 Å². The summed E-state index contributed by atoms with van der Waals surface area (Å²) in [5.74, 6) is -0.891. The Bertz CT molecular complexity index is 449. The summed E-state index contributed by atoms with van der Waals surface area (Å²) in [5, 5.41) is 0. The van der Waals surface area contributed by atoms with Gasteiger partial charge in [-0.15, -0.1) is 0 Å². The zero-order valence-electron chi connectivity index (χ0n) is 10.2. The summed E-state index contributed by atoms with van der Waals surface area (Å²) < 4.78 is 45.4. The fourth-order valence-electron chi connectivity index (χ4n) is 1.22. The summed E-state index contributed by atoms with van der Waals surface area (Å²) >= 11 is 0. The first-order chi connectivity index (χ1) is 8.85. The number of anilines is 1. The maximum absolute atomic E-state index is 12.0. The number of nitrogens with zero attached hydrogens (tertiary/aromatic N) is 1. The summed E-state index contributed by atoms with van der Waals surface area (Å²) in [7, 11) is 0. The maximum Gasteiger partial charge on any atom is 0.392 e. The van der Waals surface area contributed by atoms with Crippen LogP contribution in [0.4, 0.5) is 18.9 Å². The quantitative estimate of drug-likeness (QED) is 0.835. The monoisotopic (exact) mass is 278 g/mol. The van der Waals surface area contributed by atoms with Crippen LogP contribution in [-0.4, -0.2) is 30.3 Å². The highest BCUT2D eigenvalue weighted by molar-refractivity contribution is 5.96. The Balaban J connectivity index is 2.75. The lowest BCUT2D eigenvalue weighted by Gasteiger charge is -2.11. The van der Waals surface area contributed by atoms with Crippen molar-refractivity contribution in [3.8, 4) is 5.88 Å². The number of rotatable bonds is 5. The fourth-order valence-corrected chi connectivity index (χ4v) is 1.22. The molecule has 19 heavy (non-hydrogen) atoms. The van der Waals surface area contributed by atoms with E-state index >= 15 is 0 Å². The number of hydrogen-bond acceptors (Lipinski definition) is 5. The van der Waals surface area contributed by atoms with Crippen LogP contribution in [-0.2, 0) is 4.74 Å². The summed E-state index contributed by atoms with van der Waals surface area (Å²) in [5.41, 5.74) is 5.47. The fraction of sp³-hybridized carbons (Fsp3) is 0.455. The number of esters is 1. The van der Waals surface area contributed by atoms with Crippen molar-refractivity contribution >= 4 is 11.7 Å². The first-order valence-electron chi connectivity index (χ1n) is 5.46. The second-order valence-corrected chi connectivity index (χ2v) is 3.51. The number of carbonyl (C=O) groups excluding carboxylic acids is 1. The highest BCUT2D eigenvalue weighted by Gasteiger charge is 2.27. The summed E-state index contributed by atoms with van der Waals surface area (Å²) in [6.07, 6.45) is -4.24. The lowest BCUT2D eigenvalue weighted by molar-refractivity contribution is -0.139. The van der Waals surface area contributed by atoms with E-state index in [1.54, 1.807) is 6.92 Å². The molecule has 0 saturated heterocycles. The number of nitrogens with two attached hydrogens (primary N) is 1. The van der Waals surface area contributed by atoms with Gasteiger partial charge >= 0.3 is 12.1 Å². The molecule has 0 aliphatic carbocycles. The highest BCUT2D eigenvalue weighted by atomic mass is 19.4. The van der Waals surface area contributed by atoms with E-state index in [4.69, 9.17) is 15.2 Å². The molecule has 106 valence electrons. The Morgan fingerprint density at radius 1 is 1.47 bits per heavy atom. The van der Waals surface area contributed by atoms with Crippen molar-refractivity contribution < 1.29 is 27.4 Å². The highest BCUT2D eigenvalue weighted by Crippen LogP contribution is 2.25. The molecule has 0 aliphatic rings. The summed E-state index contributed by atoms with van der Waals surface area (Å²) in [6, 6.07) is 1.31. The molecule has 1 aromatic heterocycles. The molecule has 0 atom stereocenters. The number of carbonyl (C=O) groups is 1. The van der Waals surface area contributed by atoms with E-state index in [1.165, 1.54) is 12.3 Å². The third-order valence-electron chi connectivity index (χ3n) is 2.07. The lowest BCUT2D eigenvalue weighted by Crippen LogP contribution is -2.15. The number of nitrogen functional groups attached to an aromatic ring is 1. The van der Waals surface area contributed by atoms with E-state index in [1.807, 2.05) is 0 Å². The van der Waals surface area contributed by atoms with Gasteiger partial charge in [-0.3, -0.25) is 0 Å². The van der Waals surface area contributed by atoms with E-state index in [0.717, 1.165) is 0 Å². The van der Waals surface area contributed by atoms with Gasteiger partial charge in [0.05, 0.1) is 25.2 Å². The van der Waals surface area contributed by atoms with Crippen LogP contribution < -0.4 is 10.5 Å². The minimum atomic E-state index is -4.33. The van der Waals surface area contributed by atoms with E-state index in [2.05, 4.69) is 4.98 Å². The number of hydrogen-bond donors (Lipinski definition) is 1. The second-order valence-electron chi connectivity index (χ2n) is 3.51. The third kappa shape index (κ3) is 4.65. The Morgan fingerprint density at radius 3 is 2.74 bits per heavy atom. The van der Waals surface area contributed by atoms with Crippen molar-refractivity contribution in [3.63, 3.8) is 0 Å². The predicted octanol–water partition coefficient (Wildman–Crippen LogP) is 2.17. The van der Waals surface area contributed by atoms with Crippen LogP contribution in [0.5, 0.6) is 5.88 Å². The van der Waals surface area contributed by atoms with Gasteiger partial charge in [-0.1, -0.05) is 0 Å². The van der Waals surface area contributed by atoms with Gasteiger partial charge in [0.25, 0.3) is 0 Å². The van der Waals surface area contributed by atoms with Gasteiger partial charge in [0.15, 0.2) is 0 Å². The first-order valence-corrected chi connectivity index (χ1v) is 5.46. The van der Waals surface area contributed by atoms with Gasteiger partial charge in [-0.2, -0.15) is 13.2 Å². The van der Waals surface area contributed by atoms with Gasteiger partial charge in [0.2, 0.25) is 5.88 Å². The van der Waals surface area contributed by atoms with Crippen LogP contribution in [0.2, 0.25) is 0 Å². The Morgan fingerprint density at radius 2 is 2.16 bits per heavy atom. The molecule has 1 aromatic rings. The van der Waals surface area contributed by atoms with Crippen molar-refractivity contribution in [2.24, 2.45) is 0 Å². The average Bonchev–Trinajstić information content (AvgIpc) is 2.30. The van der Waals surface area contributed by atoms with Crippen LogP contribution in [0.3, 0.4) is 0 Å². The van der Waals surface area contributed by atoms with E-state index in [9.17, 15) is 18.0 Å². The molecular weight excluding hydrogens is 265 g/mol. The van der Waals surface area contributed by atoms with Gasteiger partial charge in [0.1, 0.15) is 5.69 Å². The van der Waals surface area contributed by atoms with Crippen molar-refractivity contribution in [1.82, 2.24) is 4.98 Å². The smallest absolute Gasteiger partial charge is 0.392 e. The number of halogens is 3. The molecule has 0 aliphatic heterocycles. The standard InChI is InChI=1S/C11H13F3N2O3/c1-2-18-10(17)7-3-5-16-9(8(7)15)19-6-4-11(12,13)14/h3,5H,2,4,6,15H2,1H3. The lowest BCUT2D eigenvalue weighted by atomic mass is 10.2. The average molecular weight is 278 g/mol. The summed E-state index contributed by atoms with van der Waals surface area (Å²) in [6.45, 7) is 1.16. The van der Waals surface area contributed by atoms with Crippen LogP contribution in [0.25, 0.3) is 0 Å². The molecule has 5 nitrogen and oxygen atoms in total. The van der Waals surface area contributed by atoms with E-state index < -0.39 is 25.2 Å². The molecule has 8 heteroatoms. The van der Waals surface area contributed by atoms with Crippen LogP contribution >= 0.6 is 0 Å².